The summed E-state index contributed by atoms with van der Waals surface area (Å²) in [5.74, 6) is -0.581. The van der Waals surface area contributed by atoms with Gasteiger partial charge in [0.15, 0.2) is 0 Å². The molecule has 0 bridgehead atoms. The summed E-state index contributed by atoms with van der Waals surface area (Å²) in [7, 11) is 0. The van der Waals surface area contributed by atoms with Crippen LogP contribution in [0, 0.1) is 0 Å². The number of hydrogen-bond donors (Lipinski definition) is 0. The van der Waals surface area contributed by atoms with Gasteiger partial charge in [0, 0.05) is 11.4 Å². The van der Waals surface area contributed by atoms with Gasteiger partial charge in [-0.15, -0.1) is 0 Å². The molecule has 1 atom stereocenters. The molecule has 3 nitrogen and oxygen atoms in total. The average Bonchev–Trinajstić information content (AvgIpc) is 2.24. The summed E-state index contributed by atoms with van der Waals surface area (Å²) >= 11 is 20.3. The van der Waals surface area contributed by atoms with E-state index in [2.05, 4.69) is 15.9 Å². The molecule has 0 spiro atoms. The zero-order valence-corrected chi connectivity index (χ0v) is 13.2. The maximum atomic E-state index is 10.9. The minimum atomic E-state index is -1.83. The normalized spacial score (nSPS) is 13.2. The van der Waals surface area contributed by atoms with Crippen molar-refractivity contribution in [3.05, 3.63) is 34.3 Å². The predicted molar refractivity (Wildman–Crippen MR) is 74.8 cm³/mol. The number of rotatable bonds is 4. The molecule has 100 valence electrons. The second-order valence-electron chi connectivity index (χ2n) is 3.42. The standard InChI is InChI=1S/C11H10BrCl3O3/c1-7(16)18-10(11(13,14)15)17-6-8-2-4-9(12)5-3-8/h2-5,10H,6H2,1H3. The first kappa shape index (κ1) is 16.1. The lowest BCUT2D eigenvalue weighted by Crippen LogP contribution is -2.33. The highest BCUT2D eigenvalue weighted by Crippen LogP contribution is 2.33. The van der Waals surface area contributed by atoms with Gasteiger partial charge >= 0.3 is 5.97 Å². The zero-order valence-electron chi connectivity index (χ0n) is 9.33. The van der Waals surface area contributed by atoms with E-state index in [-0.39, 0.29) is 6.61 Å². The molecule has 0 aromatic heterocycles. The van der Waals surface area contributed by atoms with E-state index < -0.39 is 16.1 Å². The van der Waals surface area contributed by atoms with E-state index in [9.17, 15) is 4.79 Å². The Balaban J connectivity index is 2.62. The molecule has 0 aliphatic carbocycles. The van der Waals surface area contributed by atoms with Gasteiger partial charge in [0.1, 0.15) is 0 Å². The molecule has 0 fully saturated rings. The molecule has 1 aromatic carbocycles. The van der Waals surface area contributed by atoms with Crippen LogP contribution in [0.1, 0.15) is 12.5 Å². The van der Waals surface area contributed by atoms with Crippen molar-refractivity contribution in [3.63, 3.8) is 0 Å². The molecule has 0 N–H and O–H groups in total. The lowest BCUT2D eigenvalue weighted by molar-refractivity contribution is -0.177. The summed E-state index contributed by atoms with van der Waals surface area (Å²) in [6.45, 7) is 1.38. The van der Waals surface area contributed by atoms with E-state index in [0.717, 1.165) is 10.0 Å². The van der Waals surface area contributed by atoms with Gasteiger partial charge in [-0.25, -0.2) is 0 Å². The number of ether oxygens (including phenoxy) is 2. The Labute approximate surface area is 128 Å². The fourth-order valence-electron chi connectivity index (χ4n) is 1.10. The van der Waals surface area contributed by atoms with Crippen LogP contribution in [0.25, 0.3) is 0 Å². The Morgan fingerprint density at radius 1 is 1.33 bits per heavy atom. The van der Waals surface area contributed by atoms with Crippen LogP contribution in [0.3, 0.4) is 0 Å². The number of carbonyl (C=O) groups excluding carboxylic acids is 1. The molecule has 18 heavy (non-hydrogen) atoms. The Morgan fingerprint density at radius 3 is 2.33 bits per heavy atom. The van der Waals surface area contributed by atoms with Crippen molar-refractivity contribution in [2.24, 2.45) is 0 Å². The van der Waals surface area contributed by atoms with Crippen molar-refractivity contribution in [1.29, 1.82) is 0 Å². The molecule has 1 unspecified atom stereocenters. The second kappa shape index (κ2) is 6.96. The number of carbonyl (C=O) groups is 1. The quantitative estimate of drug-likeness (QED) is 0.448. The summed E-state index contributed by atoms with van der Waals surface area (Å²) in [6.07, 6.45) is -1.25. The van der Waals surface area contributed by atoms with E-state index in [0.29, 0.717) is 0 Å². The topological polar surface area (TPSA) is 35.5 Å². The number of alkyl halides is 3. The molecular weight excluding hydrogens is 366 g/mol. The van der Waals surface area contributed by atoms with Crippen molar-refractivity contribution >= 4 is 56.7 Å². The summed E-state index contributed by atoms with van der Waals surface area (Å²) < 4.78 is 9.20. The van der Waals surface area contributed by atoms with Crippen LogP contribution < -0.4 is 0 Å². The van der Waals surface area contributed by atoms with Crippen LogP contribution in [0.15, 0.2) is 28.7 Å². The van der Waals surface area contributed by atoms with Gasteiger partial charge in [-0.2, -0.15) is 0 Å². The molecule has 1 aromatic rings. The average molecular weight is 376 g/mol. The molecule has 1 rings (SSSR count). The highest BCUT2D eigenvalue weighted by atomic mass is 79.9. The van der Waals surface area contributed by atoms with E-state index in [1.54, 1.807) is 0 Å². The van der Waals surface area contributed by atoms with Gasteiger partial charge in [-0.3, -0.25) is 4.79 Å². The Hall–Kier alpha value is -0.000000000000000111. The van der Waals surface area contributed by atoms with Crippen LogP contribution >= 0.6 is 50.7 Å². The molecule has 0 radical (unpaired) electrons. The fourth-order valence-corrected chi connectivity index (χ4v) is 1.69. The van der Waals surface area contributed by atoms with Crippen LogP contribution in [0.2, 0.25) is 0 Å². The Kier molecular flexibility index (Phi) is 6.21. The summed E-state index contributed by atoms with van der Waals surface area (Å²) in [5, 5.41) is 0. The molecule has 0 heterocycles. The minimum Gasteiger partial charge on any atom is -0.431 e. The zero-order chi connectivity index (χ0) is 13.8. The fraction of sp³-hybridized carbons (Fsp3) is 0.364. The molecule has 0 aliphatic rings. The van der Waals surface area contributed by atoms with E-state index in [4.69, 9.17) is 44.3 Å². The minimum absolute atomic E-state index is 0.166. The maximum Gasteiger partial charge on any atom is 0.305 e. The van der Waals surface area contributed by atoms with E-state index >= 15 is 0 Å². The molecule has 0 saturated heterocycles. The third kappa shape index (κ3) is 5.76. The number of esters is 1. The second-order valence-corrected chi connectivity index (χ2v) is 6.71. The molecule has 0 saturated carbocycles. The lowest BCUT2D eigenvalue weighted by Gasteiger charge is -2.23. The van der Waals surface area contributed by atoms with Gasteiger partial charge in [0.05, 0.1) is 6.61 Å². The molecule has 7 heteroatoms. The van der Waals surface area contributed by atoms with Crippen LogP contribution in [0.4, 0.5) is 0 Å². The highest BCUT2D eigenvalue weighted by Gasteiger charge is 2.36. The SMILES string of the molecule is CC(=O)OC(OCc1ccc(Br)cc1)C(Cl)(Cl)Cl. The third-order valence-corrected chi connectivity index (χ3v) is 2.92. The first-order chi connectivity index (χ1) is 8.29. The Bertz CT molecular complexity index is 403. The van der Waals surface area contributed by atoms with Crippen LogP contribution in [0.5, 0.6) is 0 Å². The van der Waals surface area contributed by atoms with Crippen molar-refractivity contribution in [3.8, 4) is 0 Å². The first-order valence-corrected chi connectivity index (χ1v) is 6.81. The molecular formula is C11H10BrCl3O3. The van der Waals surface area contributed by atoms with Crippen molar-refractivity contribution < 1.29 is 14.3 Å². The summed E-state index contributed by atoms with van der Waals surface area (Å²) in [5.41, 5.74) is 0.865. The molecule has 0 aliphatic heterocycles. The van der Waals surface area contributed by atoms with Gasteiger partial charge in [-0.1, -0.05) is 62.9 Å². The van der Waals surface area contributed by atoms with E-state index in [1.807, 2.05) is 24.3 Å². The van der Waals surface area contributed by atoms with Crippen molar-refractivity contribution in [2.75, 3.05) is 0 Å². The maximum absolute atomic E-state index is 10.9. The van der Waals surface area contributed by atoms with Crippen molar-refractivity contribution in [1.82, 2.24) is 0 Å². The predicted octanol–water partition coefficient (Wildman–Crippen LogP) is 4.23. The number of benzene rings is 1. The van der Waals surface area contributed by atoms with Gasteiger partial charge < -0.3 is 9.47 Å². The molecule has 0 amide bonds. The monoisotopic (exact) mass is 374 g/mol. The van der Waals surface area contributed by atoms with Crippen molar-refractivity contribution in [2.45, 2.75) is 23.6 Å². The van der Waals surface area contributed by atoms with Gasteiger partial charge in [0.2, 0.25) is 0 Å². The van der Waals surface area contributed by atoms with Gasteiger partial charge in [0.25, 0.3) is 10.1 Å². The van der Waals surface area contributed by atoms with Gasteiger partial charge in [-0.05, 0) is 17.7 Å². The van der Waals surface area contributed by atoms with E-state index in [1.165, 1.54) is 6.92 Å². The third-order valence-electron chi connectivity index (χ3n) is 1.85. The number of hydrogen-bond acceptors (Lipinski definition) is 3. The Morgan fingerprint density at radius 2 is 1.89 bits per heavy atom. The van der Waals surface area contributed by atoms with Crippen LogP contribution in [-0.2, 0) is 20.9 Å². The first-order valence-electron chi connectivity index (χ1n) is 4.89. The largest absolute Gasteiger partial charge is 0.431 e. The highest BCUT2D eigenvalue weighted by molar-refractivity contribution is 9.10. The smallest absolute Gasteiger partial charge is 0.305 e. The number of halogens is 4. The van der Waals surface area contributed by atoms with Crippen LogP contribution in [-0.4, -0.2) is 16.1 Å². The summed E-state index contributed by atoms with van der Waals surface area (Å²) in [4.78, 5) is 10.9. The summed E-state index contributed by atoms with van der Waals surface area (Å²) in [6, 6.07) is 7.39. The lowest BCUT2D eigenvalue weighted by atomic mass is 10.2.